The molecule has 6 heteroatoms. The number of thioether (sulfide) groups is 1. The highest BCUT2D eigenvalue weighted by Gasteiger charge is 2.34. The molecule has 0 atom stereocenters. The average Bonchev–Trinajstić information content (AvgIpc) is 3.17. The van der Waals surface area contributed by atoms with Crippen LogP contribution in [-0.2, 0) is 9.53 Å². The lowest BCUT2D eigenvalue weighted by Gasteiger charge is -2.16. The van der Waals surface area contributed by atoms with Gasteiger partial charge in [-0.05, 0) is 31.2 Å². The Hall–Kier alpha value is -3.04. The van der Waals surface area contributed by atoms with Gasteiger partial charge in [-0.25, -0.2) is 9.79 Å². The van der Waals surface area contributed by atoms with Crippen molar-refractivity contribution in [3.63, 3.8) is 0 Å². The van der Waals surface area contributed by atoms with Gasteiger partial charge in [0.1, 0.15) is 11.6 Å². The van der Waals surface area contributed by atoms with E-state index in [-0.39, 0.29) is 12.2 Å². The van der Waals surface area contributed by atoms with E-state index in [1.807, 2.05) is 55.5 Å². The molecule has 4 rings (SSSR count). The fraction of sp³-hybridized carbons (Fsp3) is 0.105. The topological polar surface area (TPSA) is 65.7 Å². The number of fused-ring (bicyclic) bond motifs is 1. The molecule has 2 aromatic carbocycles. The molecule has 0 N–H and O–H groups in total. The van der Waals surface area contributed by atoms with Gasteiger partial charge in [-0.2, -0.15) is 5.26 Å². The van der Waals surface area contributed by atoms with Gasteiger partial charge in [0.05, 0.1) is 11.8 Å². The summed E-state index contributed by atoms with van der Waals surface area (Å²) in [6.07, 6.45) is 0. The predicted molar refractivity (Wildman–Crippen MR) is 96.1 cm³/mol. The maximum atomic E-state index is 12.4. The van der Waals surface area contributed by atoms with E-state index >= 15 is 0 Å². The van der Waals surface area contributed by atoms with Crippen molar-refractivity contribution in [2.75, 3.05) is 11.4 Å². The number of aliphatic imine (C=N–C) groups is 1. The summed E-state index contributed by atoms with van der Waals surface area (Å²) in [4.78, 5) is 19.6. The number of carbonyl (C=O) groups excluding carboxylic acids is 1. The first kappa shape index (κ1) is 15.5. The minimum absolute atomic E-state index is 0.144. The number of cyclic esters (lactones) is 1. The van der Waals surface area contributed by atoms with Crippen LogP contribution in [0.15, 0.2) is 69.1 Å². The fourth-order valence-electron chi connectivity index (χ4n) is 2.70. The van der Waals surface area contributed by atoms with Crippen molar-refractivity contribution in [2.45, 2.75) is 11.8 Å². The molecule has 122 valence electrons. The quantitative estimate of drug-likeness (QED) is 0.472. The van der Waals surface area contributed by atoms with Crippen LogP contribution < -0.4 is 4.90 Å². The largest absolute Gasteiger partial charge is 0.402 e. The lowest BCUT2D eigenvalue weighted by atomic mass is 10.1. The van der Waals surface area contributed by atoms with Gasteiger partial charge in [-0.1, -0.05) is 41.6 Å². The zero-order valence-corrected chi connectivity index (χ0v) is 14.2. The van der Waals surface area contributed by atoms with E-state index in [0.717, 1.165) is 21.7 Å². The zero-order valence-electron chi connectivity index (χ0n) is 13.4. The Morgan fingerprint density at radius 2 is 1.96 bits per heavy atom. The number of hydrogen-bond acceptors (Lipinski definition) is 6. The van der Waals surface area contributed by atoms with Crippen LogP contribution in [0.4, 0.5) is 5.69 Å². The van der Waals surface area contributed by atoms with Crippen LogP contribution >= 0.6 is 11.8 Å². The monoisotopic (exact) mass is 347 g/mol. The lowest BCUT2D eigenvalue weighted by molar-refractivity contribution is -0.130. The number of para-hydroxylation sites is 1. The summed E-state index contributed by atoms with van der Waals surface area (Å²) in [5, 5.41) is 9.79. The molecule has 0 bridgehead atoms. The van der Waals surface area contributed by atoms with Gasteiger partial charge in [0.15, 0.2) is 5.70 Å². The van der Waals surface area contributed by atoms with Crippen molar-refractivity contribution in [2.24, 2.45) is 4.99 Å². The molecule has 0 saturated heterocycles. The number of ether oxygens (including phenoxy) is 1. The molecule has 0 amide bonds. The maximum Gasteiger partial charge on any atom is 0.366 e. The van der Waals surface area contributed by atoms with Crippen molar-refractivity contribution >= 4 is 29.3 Å². The van der Waals surface area contributed by atoms with Crippen LogP contribution in [0.3, 0.4) is 0 Å². The number of nitrogens with zero attached hydrogens (tertiary/aromatic N) is 3. The molecule has 5 nitrogen and oxygen atoms in total. The number of aryl methyl sites for hydroxylation is 1. The van der Waals surface area contributed by atoms with Gasteiger partial charge < -0.3 is 9.64 Å². The van der Waals surface area contributed by atoms with Crippen LogP contribution in [0.5, 0.6) is 0 Å². The summed E-state index contributed by atoms with van der Waals surface area (Å²) < 4.78 is 5.37. The molecule has 0 radical (unpaired) electrons. The van der Waals surface area contributed by atoms with Crippen molar-refractivity contribution in [3.8, 4) is 6.07 Å². The minimum Gasteiger partial charge on any atom is -0.402 e. The Bertz CT molecular complexity index is 971. The van der Waals surface area contributed by atoms with Crippen LogP contribution in [0, 0.1) is 18.3 Å². The highest BCUT2D eigenvalue weighted by molar-refractivity contribution is 8.03. The summed E-state index contributed by atoms with van der Waals surface area (Å²) >= 11 is 1.43. The number of anilines is 1. The van der Waals surface area contributed by atoms with Crippen molar-refractivity contribution < 1.29 is 9.53 Å². The van der Waals surface area contributed by atoms with Gasteiger partial charge in [0.2, 0.25) is 5.90 Å². The first-order valence-corrected chi connectivity index (χ1v) is 8.52. The Morgan fingerprint density at radius 1 is 1.20 bits per heavy atom. The van der Waals surface area contributed by atoms with E-state index in [1.54, 1.807) is 4.90 Å². The molecule has 25 heavy (non-hydrogen) atoms. The summed E-state index contributed by atoms with van der Waals surface area (Å²) in [6, 6.07) is 17.5. The number of rotatable bonds is 2. The fourth-order valence-corrected chi connectivity index (χ4v) is 3.84. The van der Waals surface area contributed by atoms with Gasteiger partial charge in [0.25, 0.3) is 0 Å². The first-order valence-electron chi connectivity index (χ1n) is 7.71. The molecule has 0 saturated carbocycles. The van der Waals surface area contributed by atoms with E-state index in [2.05, 4.69) is 11.1 Å². The highest BCUT2D eigenvalue weighted by atomic mass is 32.2. The summed E-state index contributed by atoms with van der Waals surface area (Å²) in [5.74, 6) is -0.199. The second-order valence-corrected chi connectivity index (χ2v) is 6.67. The third-order valence-corrected chi connectivity index (χ3v) is 5.11. The average molecular weight is 347 g/mol. The Kier molecular flexibility index (Phi) is 3.79. The van der Waals surface area contributed by atoms with Gasteiger partial charge in [0, 0.05) is 10.5 Å². The second kappa shape index (κ2) is 6.11. The third kappa shape index (κ3) is 2.69. The van der Waals surface area contributed by atoms with E-state index < -0.39 is 5.97 Å². The number of hydrogen-bond donors (Lipinski definition) is 0. The summed E-state index contributed by atoms with van der Waals surface area (Å²) in [7, 11) is 0. The Morgan fingerprint density at radius 3 is 2.72 bits per heavy atom. The molecule has 2 heterocycles. The third-order valence-electron chi connectivity index (χ3n) is 3.93. The van der Waals surface area contributed by atoms with Crippen molar-refractivity contribution in [1.29, 1.82) is 5.26 Å². The first-order chi connectivity index (χ1) is 12.2. The van der Waals surface area contributed by atoms with E-state index in [0.29, 0.717) is 10.9 Å². The van der Waals surface area contributed by atoms with Crippen LogP contribution in [0.2, 0.25) is 0 Å². The van der Waals surface area contributed by atoms with Crippen molar-refractivity contribution in [3.05, 3.63) is 70.4 Å². The molecule has 2 aliphatic heterocycles. The number of carbonyl (C=O) groups is 1. The zero-order chi connectivity index (χ0) is 17.4. The number of benzene rings is 2. The SMILES string of the molecule is Cc1ccc(C2=NC(=C3Sc4ccccc4N3CC#N)C(=O)O2)cc1. The molecule has 0 spiro atoms. The minimum atomic E-state index is -0.492. The lowest BCUT2D eigenvalue weighted by Crippen LogP contribution is -2.20. The van der Waals surface area contributed by atoms with Gasteiger partial charge >= 0.3 is 5.97 Å². The number of nitriles is 1. The molecular weight excluding hydrogens is 334 g/mol. The molecular formula is C19H13N3O2S. The molecule has 0 aromatic heterocycles. The van der Waals surface area contributed by atoms with Gasteiger partial charge in [-0.15, -0.1) is 0 Å². The number of esters is 1. The van der Waals surface area contributed by atoms with Gasteiger partial charge in [-0.3, -0.25) is 0 Å². The normalized spacial score (nSPS) is 18.6. The van der Waals surface area contributed by atoms with E-state index in [4.69, 9.17) is 10.00 Å². The highest BCUT2D eigenvalue weighted by Crippen LogP contribution is 2.47. The standard InChI is InChI=1S/C19H13N3O2S/c1-12-6-8-13(9-7-12)17-21-16(19(23)24-17)18-22(11-10-20)14-4-2-3-5-15(14)25-18/h2-9H,11H2,1H3. The maximum absolute atomic E-state index is 12.4. The summed E-state index contributed by atoms with van der Waals surface area (Å²) in [5.41, 5.74) is 3.02. The van der Waals surface area contributed by atoms with Crippen molar-refractivity contribution in [1.82, 2.24) is 0 Å². The molecule has 0 unspecified atom stereocenters. The smallest absolute Gasteiger partial charge is 0.366 e. The molecule has 0 aliphatic carbocycles. The van der Waals surface area contributed by atoms with Crippen LogP contribution in [-0.4, -0.2) is 18.4 Å². The summed E-state index contributed by atoms with van der Waals surface area (Å²) in [6.45, 7) is 2.14. The van der Waals surface area contributed by atoms with E-state index in [1.165, 1.54) is 11.8 Å². The van der Waals surface area contributed by atoms with Crippen LogP contribution in [0.25, 0.3) is 0 Å². The van der Waals surface area contributed by atoms with E-state index in [9.17, 15) is 4.79 Å². The Balaban J connectivity index is 1.78. The molecule has 0 fully saturated rings. The molecule has 2 aliphatic rings. The Labute approximate surface area is 149 Å². The van der Waals surface area contributed by atoms with Crippen LogP contribution in [0.1, 0.15) is 11.1 Å². The second-order valence-electron chi connectivity index (χ2n) is 5.64. The predicted octanol–water partition coefficient (Wildman–Crippen LogP) is 3.60. The molecule has 2 aromatic rings.